The van der Waals surface area contributed by atoms with Crippen LogP contribution < -0.4 is 11.5 Å². The minimum Gasteiger partial charge on any atom is -0.494 e. The summed E-state index contributed by atoms with van der Waals surface area (Å²) in [6, 6.07) is 15.2. The fourth-order valence-electron chi connectivity index (χ4n) is 2.06. The molecule has 2 aromatic carbocycles. The van der Waals surface area contributed by atoms with Crippen LogP contribution in [0.1, 0.15) is 24.0 Å². The van der Waals surface area contributed by atoms with Gasteiger partial charge in [-0.25, -0.2) is 0 Å². The summed E-state index contributed by atoms with van der Waals surface area (Å²) in [5, 5.41) is 0. The molecule has 0 aromatic heterocycles. The number of nitrogens with two attached hydrogens (primary N) is 2. The van der Waals surface area contributed by atoms with E-state index in [1.54, 1.807) is 0 Å². The van der Waals surface area contributed by atoms with Crippen LogP contribution in [0.25, 0.3) is 5.76 Å². The summed E-state index contributed by atoms with van der Waals surface area (Å²) in [4.78, 5) is 0. The predicted octanol–water partition coefficient (Wildman–Crippen LogP) is 3.84. The largest absolute Gasteiger partial charge is 0.494 e. The van der Waals surface area contributed by atoms with Gasteiger partial charge in [0.25, 0.3) is 0 Å². The van der Waals surface area contributed by atoms with Gasteiger partial charge in [0.2, 0.25) is 0 Å². The van der Waals surface area contributed by atoms with E-state index in [0.717, 1.165) is 35.3 Å². The zero-order valence-corrected chi connectivity index (χ0v) is 13.3. The van der Waals surface area contributed by atoms with Gasteiger partial charge in [0.05, 0.1) is 13.2 Å². The van der Waals surface area contributed by atoms with Gasteiger partial charge in [-0.05, 0) is 54.8 Å². The highest BCUT2D eigenvalue weighted by Crippen LogP contribution is 2.16. The van der Waals surface area contributed by atoms with E-state index in [1.807, 2.05) is 48.5 Å². The van der Waals surface area contributed by atoms with Gasteiger partial charge in [-0.2, -0.15) is 0 Å². The van der Waals surface area contributed by atoms with Gasteiger partial charge in [-0.3, -0.25) is 0 Å². The van der Waals surface area contributed by atoms with Crippen LogP contribution >= 0.6 is 0 Å². The summed E-state index contributed by atoms with van der Waals surface area (Å²) in [5.41, 5.74) is 14.9. The molecule has 0 bridgehead atoms. The van der Waals surface area contributed by atoms with Crippen LogP contribution in [-0.2, 0) is 16.1 Å². The number of unbranched alkanes of at least 4 members (excludes halogenated alkanes) is 1. The first-order valence-electron chi connectivity index (χ1n) is 7.75. The normalized spacial score (nSPS) is 10.4. The van der Waals surface area contributed by atoms with Crippen molar-refractivity contribution < 1.29 is 9.47 Å². The lowest BCUT2D eigenvalue weighted by Crippen LogP contribution is -1.99. The molecule has 2 aromatic rings. The molecule has 0 aliphatic heterocycles. The van der Waals surface area contributed by atoms with Crippen LogP contribution in [0.4, 0.5) is 11.4 Å². The van der Waals surface area contributed by atoms with Gasteiger partial charge >= 0.3 is 0 Å². The molecule has 122 valence electrons. The van der Waals surface area contributed by atoms with E-state index in [0.29, 0.717) is 25.6 Å². The Morgan fingerprint density at radius 3 is 2.04 bits per heavy atom. The van der Waals surface area contributed by atoms with Crippen LogP contribution in [0.3, 0.4) is 0 Å². The lowest BCUT2D eigenvalue weighted by atomic mass is 10.2. The van der Waals surface area contributed by atoms with Crippen molar-refractivity contribution in [3.63, 3.8) is 0 Å². The van der Waals surface area contributed by atoms with E-state index in [9.17, 15) is 0 Å². The first-order valence-corrected chi connectivity index (χ1v) is 7.75. The molecule has 4 heteroatoms. The van der Waals surface area contributed by atoms with Crippen LogP contribution in [0.5, 0.6) is 0 Å². The summed E-state index contributed by atoms with van der Waals surface area (Å²) in [6.07, 6.45) is 1.87. The maximum Gasteiger partial charge on any atom is 0.119 e. The number of rotatable bonds is 9. The predicted molar refractivity (Wildman–Crippen MR) is 95.6 cm³/mol. The van der Waals surface area contributed by atoms with Crippen molar-refractivity contribution in [1.29, 1.82) is 0 Å². The molecule has 0 fully saturated rings. The zero-order valence-electron chi connectivity index (χ0n) is 13.3. The molecule has 0 amide bonds. The quantitative estimate of drug-likeness (QED) is 0.419. The molecule has 0 saturated carbocycles. The summed E-state index contributed by atoms with van der Waals surface area (Å²) in [6.45, 7) is 5.89. The minimum absolute atomic E-state index is 0.610. The van der Waals surface area contributed by atoms with E-state index in [1.165, 1.54) is 0 Å². The Morgan fingerprint density at radius 1 is 0.826 bits per heavy atom. The molecule has 0 saturated heterocycles. The number of hydrogen-bond acceptors (Lipinski definition) is 4. The van der Waals surface area contributed by atoms with Gasteiger partial charge in [0.15, 0.2) is 0 Å². The average molecular weight is 312 g/mol. The Hall–Kier alpha value is -2.46. The summed E-state index contributed by atoms with van der Waals surface area (Å²) in [5.74, 6) is 0.674. The molecule has 0 heterocycles. The van der Waals surface area contributed by atoms with Crippen molar-refractivity contribution in [2.45, 2.75) is 19.4 Å². The van der Waals surface area contributed by atoms with Crippen LogP contribution in [0, 0.1) is 0 Å². The lowest BCUT2D eigenvalue weighted by Gasteiger charge is -2.10. The van der Waals surface area contributed by atoms with Gasteiger partial charge in [0, 0.05) is 23.5 Å². The molecule has 4 nitrogen and oxygen atoms in total. The van der Waals surface area contributed by atoms with Crippen molar-refractivity contribution in [3.8, 4) is 0 Å². The third-order valence-corrected chi connectivity index (χ3v) is 3.44. The maximum atomic E-state index is 5.65. The van der Waals surface area contributed by atoms with Crippen molar-refractivity contribution in [2.24, 2.45) is 0 Å². The summed E-state index contributed by atoms with van der Waals surface area (Å²) >= 11 is 0. The van der Waals surface area contributed by atoms with E-state index in [2.05, 4.69) is 6.58 Å². The molecule has 4 N–H and O–H groups in total. The second kappa shape index (κ2) is 8.86. The second-order valence-corrected chi connectivity index (χ2v) is 5.39. The molecular weight excluding hydrogens is 288 g/mol. The molecular formula is C19H24N2O2. The van der Waals surface area contributed by atoms with E-state index in [4.69, 9.17) is 20.9 Å². The minimum atomic E-state index is 0.610. The lowest BCUT2D eigenvalue weighted by molar-refractivity contribution is 0.112. The Labute approximate surface area is 137 Å². The first-order chi connectivity index (χ1) is 11.1. The van der Waals surface area contributed by atoms with Crippen LogP contribution in [0.15, 0.2) is 55.1 Å². The molecule has 0 atom stereocenters. The number of hydrogen-bond donors (Lipinski definition) is 2. The van der Waals surface area contributed by atoms with Crippen LogP contribution in [-0.4, -0.2) is 13.2 Å². The summed E-state index contributed by atoms with van der Waals surface area (Å²) in [7, 11) is 0. The number of anilines is 2. The standard InChI is InChI=1S/C19H24N2O2/c1-15(17-6-10-19(21)11-7-17)23-13-3-2-12-22-14-16-4-8-18(20)9-5-16/h4-11H,1-3,12-14,20-21H2. The molecule has 0 aliphatic carbocycles. The van der Waals surface area contributed by atoms with Gasteiger partial charge in [-0.15, -0.1) is 0 Å². The Morgan fingerprint density at radius 2 is 1.39 bits per heavy atom. The highest BCUT2D eigenvalue weighted by Gasteiger charge is 2.00. The molecule has 2 rings (SSSR count). The SMILES string of the molecule is C=C(OCCCCOCc1ccc(N)cc1)c1ccc(N)cc1. The second-order valence-electron chi connectivity index (χ2n) is 5.39. The monoisotopic (exact) mass is 312 g/mol. The van der Waals surface area contributed by atoms with Crippen molar-refractivity contribution in [3.05, 3.63) is 66.2 Å². The molecule has 0 spiro atoms. The first kappa shape index (κ1) is 16.9. The smallest absolute Gasteiger partial charge is 0.119 e. The van der Waals surface area contributed by atoms with Gasteiger partial charge < -0.3 is 20.9 Å². The van der Waals surface area contributed by atoms with Crippen molar-refractivity contribution in [1.82, 2.24) is 0 Å². The topological polar surface area (TPSA) is 70.5 Å². The average Bonchev–Trinajstić information content (AvgIpc) is 2.56. The van der Waals surface area contributed by atoms with Gasteiger partial charge in [0.1, 0.15) is 5.76 Å². The van der Waals surface area contributed by atoms with E-state index >= 15 is 0 Å². The van der Waals surface area contributed by atoms with Crippen LogP contribution in [0.2, 0.25) is 0 Å². The highest BCUT2D eigenvalue weighted by molar-refractivity contribution is 5.59. The Balaban J connectivity index is 1.54. The van der Waals surface area contributed by atoms with Crippen molar-refractivity contribution >= 4 is 17.1 Å². The third-order valence-electron chi connectivity index (χ3n) is 3.44. The Bertz CT molecular complexity index is 606. The van der Waals surface area contributed by atoms with Crippen molar-refractivity contribution in [2.75, 3.05) is 24.7 Å². The molecule has 23 heavy (non-hydrogen) atoms. The third kappa shape index (κ3) is 6.04. The molecule has 0 unspecified atom stereocenters. The zero-order chi connectivity index (χ0) is 16.5. The fourth-order valence-corrected chi connectivity index (χ4v) is 2.06. The maximum absolute atomic E-state index is 5.65. The molecule has 0 aliphatic rings. The summed E-state index contributed by atoms with van der Waals surface area (Å²) < 4.78 is 11.3. The number of ether oxygens (including phenoxy) is 2. The number of nitrogen functional groups attached to an aromatic ring is 2. The van der Waals surface area contributed by atoms with E-state index < -0.39 is 0 Å². The Kier molecular flexibility index (Phi) is 6.51. The van der Waals surface area contributed by atoms with E-state index in [-0.39, 0.29) is 0 Å². The van der Waals surface area contributed by atoms with Gasteiger partial charge in [-0.1, -0.05) is 18.7 Å². The molecule has 0 radical (unpaired) electrons. The highest BCUT2D eigenvalue weighted by atomic mass is 16.5. The fraction of sp³-hybridized carbons (Fsp3) is 0.263. The number of benzene rings is 2.